The molecule has 19 heavy (non-hydrogen) atoms. The Morgan fingerprint density at radius 3 is 2.47 bits per heavy atom. The molecule has 2 rings (SSSR count). The molecule has 0 bridgehead atoms. The number of hydrogen-bond acceptors (Lipinski definition) is 4. The molecule has 2 aromatic rings. The number of phenolic OH excluding ortho intramolecular Hbond substituents is 1. The minimum Gasteiger partial charge on any atom is -0.508 e. The van der Waals surface area contributed by atoms with Crippen molar-refractivity contribution in [3.63, 3.8) is 0 Å². The first-order valence-corrected chi connectivity index (χ1v) is 5.85. The van der Waals surface area contributed by atoms with Crippen LogP contribution < -0.4 is 14.2 Å². The van der Waals surface area contributed by atoms with Gasteiger partial charge in [-0.05, 0) is 24.3 Å². The summed E-state index contributed by atoms with van der Waals surface area (Å²) in [5.41, 5.74) is 0.864. The third kappa shape index (κ3) is 3.31. The fourth-order valence-corrected chi connectivity index (χ4v) is 1.70. The lowest BCUT2D eigenvalue weighted by Gasteiger charge is -2.11. The summed E-state index contributed by atoms with van der Waals surface area (Å²) in [5.74, 6) is 2.23. The Hall–Kier alpha value is -2.36. The zero-order valence-corrected chi connectivity index (χ0v) is 10.9. The van der Waals surface area contributed by atoms with Crippen LogP contribution in [0.1, 0.15) is 5.56 Å². The first-order valence-electron chi connectivity index (χ1n) is 5.85. The predicted molar refractivity (Wildman–Crippen MR) is 72.0 cm³/mol. The van der Waals surface area contributed by atoms with Crippen molar-refractivity contribution < 1.29 is 19.3 Å². The van der Waals surface area contributed by atoms with E-state index in [-0.39, 0.29) is 5.75 Å². The SMILES string of the molecule is COc1cccc(OCc2ccc(O)cc2OC)c1. The quantitative estimate of drug-likeness (QED) is 0.897. The zero-order valence-electron chi connectivity index (χ0n) is 10.9. The smallest absolute Gasteiger partial charge is 0.129 e. The van der Waals surface area contributed by atoms with Crippen LogP contribution in [0.3, 0.4) is 0 Å². The first-order chi connectivity index (χ1) is 9.22. The van der Waals surface area contributed by atoms with E-state index in [9.17, 15) is 5.11 Å². The molecule has 0 radical (unpaired) electrons. The molecule has 2 aromatic carbocycles. The van der Waals surface area contributed by atoms with Crippen molar-refractivity contribution in [2.24, 2.45) is 0 Å². The van der Waals surface area contributed by atoms with Crippen molar-refractivity contribution in [1.29, 1.82) is 0 Å². The van der Waals surface area contributed by atoms with Crippen molar-refractivity contribution >= 4 is 0 Å². The lowest BCUT2D eigenvalue weighted by Crippen LogP contribution is -1.98. The van der Waals surface area contributed by atoms with Gasteiger partial charge in [0.15, 0.2) is 0 Å². The molecular formula is C15H16O4. The summed E-state index contributed by atoms with van der Waals surface area (Å²) in [4.78, 5) is 0. The number of hydrogen-bond donors (Lipinski definition) is 1. The molecule has 0 saturated heterocycles. The molecule has 0 aliphatic carbocycles. The largest absolute Gasteiger partial charge is 0.508 e. The first kappa shape index (κ1) is 13.1. The highest BCUT2D eigenvalue weighted by atomic mass is 16.5. The molecule has 0 aliphatic heterocycles. The van der Waals surface area contributed by atoms with Crippen molar-refractivity contribution in [2.75, 3.05) is 14.2 Å². The van der Waals surface area contributed by atoms with E-state index in [0.717, 1.165) is 17.1 Å². The normalized spacial score (nSPS) is 10.0. The molecule has 4 nitrogen and oxygen atoms in total. The second kappa shape index (κ2) is 6.00. The predicted octanol–water partition coefficient (Wildman–Crippen LogP) is 2.99. The minimum atomic E-state index is 0.169. The van der Waals surface area contributed by atoms with E-state index >= 15 is 0 Å². The van der Waals surface area contributed by atoms with Gasteiger partial charge in [0, 0.05) is 17.7 Å². The van der Waals surface area contributed by atoms with Gasteiger partial charge >= 0.3 is 0 Å². The van der Waals surface area contributed by atoms with Gasteiger partial charge in [0.05, 0.1) is 14.2 Å². The summed E-state index contributed by atoms with van der Waals surface area (Å²) < 4.78 is 16.0. The van der Waals surface area contributed by atoms with Crippen molar-refractivity contribution in [3.8, 4) is 23.0 Å². The monoisotopic (exact) mass is 260 g/mol. The lowest BCUT2D eigenvalue weighted by molar-refractivity contribution is 0.294. The maximum absolute atomic E-state index is 9.38. The molecule has 1 N–H and O–H groups in total. The van der Waals surface area contributed by atoms with Crippen molar-refractivity contribution in [2.45, 2.75) is 6.61 Å². The summed E-state index contributed by atoms with van der Waals surface area (Å²) in [5, 5.41) is 9.38. The Balaban J connectivity index is 2.09. The van der Waals surface area contributed by atoms with Gasteiger partial charge in [-0.3, -0.25) is 0 Å². The molecule has 0 amide bonds. The van der Waals surface area contributed by atoms with Gasteiger partial charge in [0.2, 0.25) is 0 Å². The zero-order chi connectivity index (χ0) is 13.7. The second-order valence-electron chi connectivity index (χ2n) is 3.96. The van der Waals surface area contributed by atoms with Gasteiger partial charge in [-0.25, -0.2) is 0 Å². The third-order valence-corrected chi connectivity index (χ3v) is 2.71. The highest BCUT2D eigenvalue weighted by Gasteiger charge is 2.05. The number of methoxy groups -OCH3 is 2. The summed E-state index contributed by atoms with van der Waals surface area (Å²) in [7, 11) is 3.17. The standard InChI is InChI=1S/C15H16O4/c1-17-13-4-3-5-14(9-13)19-10-11-6-7-12(16)8-15(11)18-2/h3-9,16H,10H2,1-2H3. The Morgan fingerprint density at radius 2 is 1.74 bits per heavy atom. The number of phenols is 1. The van der Waals surface area contributed by atoms with E-state index in [1.54, 1.807) is 32.4 Å². The number of benzene rings is 2. The third-order valence-electron chi connectivity index (χ3n) is 2.71. The Morgan fingerprint density at radius 1 is 0.947 bits per heavy atom. The van der Waals surface area contributed by atoms with E-state index in [0.29, 0.717) is 12.4 Å². The molecule has 0 saturated carbocycles. The summed E-state index contributed by atoms with van der Waals surface area (Å²) >= 11 is 0. The number of aromatic hydroxyl groups is 1. The van der Waals surface area contributed by atoms with E-state index in [1.807, 2.05) is 24.3 Å². The molecular weight excluding hydrogens is 244 g/mol. The van der Waals surface area contributed by atoms with E-state index < -0.39 is 0 Å². The van der Waals surface area contributed by atoms with E-state index in [4.69, 9.17) is 14.2 Å². The summed E-state index contributed by atoms with van der Waals surface area (Å²) in [6.45, 7) is 0.358. The maximum atomic E-state index is 9.38. The van der Waals surface area contributed by atoms with Crippen LogP contribution in [0.25, 0.3) is 0 Å². The molecule has 0 aliphatic rings. The van der Waals surface area contributed by atoms with Crippen LogP contribution in [0.4, 0.5) is 0 Å². The van der Waals surface area contributed by atoms with Crippen LogP contribution in [0.2, 0.25) is 0 Å². The van der Waals surface area contributed by atoms with Crippen LogP contribution in [0.5, 0.6) is 23.0 Å². The fourth-order valence-electron chi connectivity index (χ4n) is 1.70. The average Bonchev–Trinajstić information content (AvgIpc) is 2.46. The van der Waals surface area contributed by atoms with Gasteiger partial charge in [-0.1, -0.05) is 6.07 Å². The van der Waals surface area contributed by atoms with Gasteiger partial charge in [0.25, 0.3) is 0 Å². The molecule has 0 aromatic heterocycles. The molecule has 0 unspecified atom stereocenters. The van der Waals surface area contributed by atoms with Gasteiger partial charge in [0.1, 0.15) is 29.6 Å². The summed E-state index contributed by atoms with van der Waals surface area (Å²) in [6, 6.07) is 12.3. The Bertz CT molecular complexity index is 552. The van der Waals surface area contributed by atoms with Crippen molar-refractivity contribution in [3.05, 3.63) is 48.0 Å². The van der Waals surface area contributed by atoms with Crippen molar-refractivity contribution in [1.82, 2.24) is 0 Å². The van der Waals surface area contributed by atoms with Crippen LogP contribution in [-0.2, 0) is 6.61 Å². The van der Waals surface area contributed by atoms with Gasteiger partial charge in [-0.2, -0.15) is 0 Å². The van der Waals surface area contributed by atoms with Crippen LogP contribution in [0.15, 0.2) is 42.5 Å². The molecule has 0 fully saturated rings. The van der Waals surface area contributed by atoms with E-state index in [2.05, 4.69) is 0 Å². The van der Waals surface area contributed by atoms with Crippen LogP contribution in [0, 0.1) is 0 Å². The number of rotatable bonds is 5. The van der Waals surface area contributed by atoms with Crippen LogP contribution >= 0.6 is 0 Å². The number of ether oxygens (including phenoxy) is 3. The Labute approximate surface area is 112 Å². The van der Waals surface area contributed by atoms with E-state index in [1.165, 1.54) is 0 Å². The Kier molecular flexibility index (Phi) is 4.13. The van der Waals surface area contributed by atoms with Gasteiger partial charge in [-0.15, -0.1) is 0 Å². The molecule has 0 spiro atoms. The highest BCUT2D eigenvalue weighted by Crippen LogP contribution is 2.26. The molecule has 100 valence electrons. The maximum Gasteiger partial charge on any atom is 0.129 e. The summed E-state index contributed by atoms with van der Waals surface area (Å²) in [6.07, 6.45) is 0. The van der Waals surface area contributed by atoms with Crippen LogP contribution in [-0.4, -0.2) is 19.3 Å². The molecule has 0 atom stereocenters. The molecule has 4 heteroatoms. The second-order valence-corrected chi connectivity index (χ2v) is 3.96. The lowest BCUT2D eigenvalue weighted by atomic mass is 10.2. The minimum absolute atomic E-state index is 0.169. The fraction of sp³-hybridized carbons (Fsp3) is 0.200. The topological polar surface area (TPSA) is 47.9 Å². The molecule has 0 heterocycles. The average molecular weight is 260 g/mol. The highest BCUT2D eigenvalue weighted by molar-refractivity contribution is 5.40. The van der Waals surface area contributed by atoms with Gasteiger partial charge < -0.3 is 19.3 Å².